The van der Waals surface area contributed by atoms with Gasteiger partial charge in [-0.15, -0.1) is 0 Å². The van der Waals surface area contributed by atoms with Crippen molar-refractivity contribution in [2.45, 2.75) is 50.4 Å². The maximum Gasteiger partial charge on any atom is 0.239 e. The van der Waals surface area contributed by atoms with E-state index in [2.05, 4.69) is 24.9 Å². The lowest BCUT2D eigenvalue weighted by Crippen LogP contribution is -2.51. The van der Waals surface area contributed by atoms with Crippen LogP contribution in [-0.2, 0) is 11.2 Å². The van der Waals surface area contributed by atoms with Crippen LogP contribution >= 0.6 is 12.6 Å². The Labute approximate surface area is 156 Å². The number of hydrogen-bond acceptors (Lipinski definition) is 5. The molecule has 1 aliphatic rings. The zero-order valence-corrected chi connectivity index (χ0v) is 16.1. The zero-order valence-electron chi connectivity index (χ0n) is 15.2. The Morgan fingerprint density at radius 1 is 1.44 bits per heavy atom. The largest absolute Gasteiger partial charge is 0.508 e. The summed E-state index contributed by atoms with van der Waals surface area (Å²) in [5.74, 6) is 0.445. The lowest BCUT2D eigenvalue weighted by Gasteiger charge is -2.30. The Bertz CT molecular complexity index is 552. The second-order valence-corrected chi connectivity index (χ2v) is 7.84. The topological polar surface area (TPSA) is 78.6 Å². The second-order valence-electron chi connectivity index (χ2n) is 7.11. The number of hydrogen-bond donors (Lipinski definition) is 4. The Balaban J connectivity index is 2.02. The van der Waals surface area contributed by atoms with Gasteiger partial charge in [-0.25, -0.2) is 0 Å². The standard InChI is InChI=1S/C19H31N3O2S/c1-3-13(2)18(20)19(24)22(12-15-10-17(25)11-21-15)9-8-14-4-6-16(23)7-5-14/h4-7,13,15,17-18,21,23,25H,3,8-12,20H2,1-2H3/t13?,15?,17?,18-/m0/s1. The van der Waals surface area contributed by atoms with Gasteiger partial charge < -0.3 is 21.1 Å². The van der Waals surface area contributed by atoms with E-state index in [1.54, 1.807) is 12.1 Å². The average molecular weight is 366 g/mol. The molecule has 0 aromatic heterocycles. The molecule has 0 aliphatic carbocycles. The molecule has 1 aromatic carbocycles. The number of phenols is 1. The third kappa shape index (κ3) is 5.90. The summed E-state index contributed by atoms with van der Waals surface area (Å²) in [6, 6.07) is 6.95. The molecule has 0 radical (unpaired) electrons. The minimum absolute atomic E-state index is 0.0255. The van der Waals surface area contributed by atoms with E-state index < -0.39 is 6.04 Å². The summed E-state index contributed by atoms with van der Waals surface area (Å²) < 4.78 is 0. The molecule has 1 heterocycles. The Morgan fingerprint density at radius 3 is 2.68 bits per heavy atom. The van der Waals surface area contributed by atoms with Crippen LogP contribution in [0.4, 0.5) is 0 Å². The normalized spacial score (nSPS) is 22.6. The van der Waals surface area contributed by atoms with Crippen LogP contribution in [0.3, 0.4) is 0 Å². The second kappa shape index (κ2) is 9.46. The number of carbonyl (C=O) groups excluding carboxylic acids is 1. The predicted molar refractivity (Wildman–Crippen MR) is 105 cm³/mol. The highest BCUT2D eigenvalue weighted by Crippen LogP contribution is 2.16. The number of thiol groups is 1. The molecule has 1 aromatic rings. The van der Waals surface area contributed by atoms with E-state index in [-0.39, 0.29) is 23.6 Å². The third-order valence-electron chi connectivity index (χ3n) is 5.10. The van der Waals surface area contributed by atoms with Gasteiger partial charge in [-0.05, 0) is 36.5 Å². The van der Waals surface area contributed by atoms with E-state index in [1.165, 1.54) is 0 Å². The van der Waals surface area contributed by atoms with Crippen molar-refractivity contribution < 1.29 is 9.90 Å². The average Bonchev–Trinajstić information content (AvgIpc) is 3.02. The number of carbonyl (C=O) groups is 1. The van der Waals surface area contributed by atoms with Crippen LogP contribution in [0.1, 0.15) is 32.3 Å². The van der Waals surface area contributed by atoms with Gasteiger partial charge in [0.25, 0.3) is 0 Å². The van der Waals surface area contributed by atoms with Crippen molar-refractivity contribution in [1.82, 2.24) is 10.2 Å². The summed E-state index contributed by atoms with van der Waals surface area (Å²) in [5.41, 5.74) is 7.30. The molecular formula is C19H31N3O2S. The van der Waals surface area contributed by atoms with Gasteiger partial charge in [0, 0.05) is 30.9 Å². The summed E-state index contributed by atoms with van der Waals surface area (Å²) in [7, 11) is 0. The van der Waals surface area contributed by atoms with Gasteiger partial charge >= 0.3 is 0 Å². The van der Waals surface area contributed by atoms with Gasteiger partial charge in [-0.3, -0.25) is 4.79 Å². The lowest BCUT2D eigenvalue weighted by molar-refractivity contribution is -0.134. The highest BCUT2D eigenvalue weighted by Gasteiger charge is 2.29. The van der Waals surface area contributed by atoms with Gasteiger partial charge in [0.15, 0.2) is 0 Å². The fourth-order valence-corrected chi connectivity index (χ4v) is 3.49. The number of rotatable bonds is 8. The molecule has 2 rings (SSSR count). The Hall–Kier alpha value is -1.24. The number of nitrogens with zero attached hydrogens (tertiary/aromatic N) is 1. The van der Waals surface area contributed by atoms with Gasteiger partial charge in [0.1, 0.15) is 5.75 Å². The molecule has 6 heteroatoms. The SMILES string of the molecule is CCC(C)[C@H](N)C(=O)N(CCc1ccc(O)cc1)CC1CC(S)CN1. The molecule has 0 bridgehead atoms. The molecule has 1 amide bonds. The molecule has 0 spiro atoms. The summed E-state index contributed by atoms with van der Waals surface area (Å²) >= 11 is 4.52. The number of nitrogens with one attached hydrogen (secondary N) is 1. The zero-order chi connectivity index (χ0) is 18.4. The molecule has 4 atom stereocenters. The van der Waals surface area contributed by atoms with Gasteiger partial charge in [0.05, 0.1) is 6.04 Å². The van der Waals surface area contributed by atoms with Crippen LogP contribution in [-0.4, -0.2) is 52.9 Å². The van der Waals surface area contributed by atoms with Crippen LogP contribution in [0.5, 0.6) is 5.75 Å². The summed E-state index contributed by atoms with van der Waals surface area (Å²) in [5, 5.41) is 13.2. The van der Waals surface area contributed by atoms with Crippen LogP contribution in [0.25, 0.3) is 0 Å². The monoisotopic (exact) mass is 365 g/mol. The van der Waals surface area contributed by atoms with Crippen molar-refractivity contribution in [3.8, 4) is 5.75 Å². The molecule has 1 aliphatic heterocycles. The van der Waals surface area contributed by atoms with Crippen LogP contribution < -0.4 is 11.1 Å². The molecule has 1 fully saturated rings. The number of amides is 1. The first kappa shape index (κ1) is 20.1. The first-order valence-corrected chi connectivity index (χ1v) is 9.66. The van der Waals surface area contributed by atoms with Gasteiger partial charge in [0.2, 0.25) is 5.91 Å². The van der Waals surface area contributed by atoms with Crippen molar-refractivity contribution in [3.63, 3.8) is 0 Å². The van der Waals surface area contributed by atoms with Crippen LogP contribution in [0.15, 0.2) is 24.3 Å². The van der Waals surface area contributed by atoms with E-state index in [9.17, 15) is 9.90 Å². The molecule has 3 unspecified atom stereocenters. The molecule has 0 saturated carbocycles. The fourth-order valence-electron chi connectivity index (χ4n) is 3.13. The number of phenolic OH excluding ortho intramolecular Hbond substituents is 1. The highest BCUT2D eigenvalue weighted by atomic mass is 32.1. The van der Waals surface area contributed by atoms with Gasteiger partial charge in [-0.2, -0.15) is 12.6 Å². The molecular weight excluding hydrogens is 334 g/mol. The van der Waals surface area contributed by atoms with E-state index in [0.717, 1.165) is 31.4 Å². The first-order chi connectivity index (χ1) is 11.9. The van der Waals surface area contributed by atoms with Crippen molar-refractivity contribution >= 4 is 18.5 Å². The Kier molecular flexibility index (Phi) is 7.59. The smallest absolute Gasteiger partial charge is 0.239 e. The van der Waals surface area contributed by atoms with Crippen molar-refractivity contribution in [3.05, 3.63) is 29.8 Å². The Morgan fingerprint density at radius 2 is 2.12 bits per heavy atom. The summed E-state index contributed by atoms with van der Waals surface area (Å²) in [4.78, 5) is 14.8. The van der Waals surface area contributed by atoms with E-state index in [4.69, 9.17) is 5.73 Å². The van der Waals surface area contributed by atoms with Crippen LogP contribution in [0.2, 0.25) is 0 Å². The van der Waals surface area contributed by atoms with Crippen LogP contribution in [0, 0.1) is 5.92 Å². The summed E-state index contributed by atoms with van der Waals surface area (Å²) in [6.45, 7) is 6.26. The van der Waals surface area contributed by atoms with E-state index in [0.29, 0.717) is 18.3 Å². The van der Waals surface area contributed by atoms with Gasteiger partial charge in [-0.1, -0.05) is 32.4 Å². The maximum atomic E-state index is 12.9. The van der Waals surface area contributed by atoms with E-state index >= 15 is 0 Å². The first-order valence-electron chi connectivity index (χ1n) is 9.14. The molecule has 1 saturated heterocycles. The number of nitrogens with two attached hydrogens (primary N) is 1. The number of benzene rings is 1. The lowest BCUT2D eigenvalue weighted by atomic mass is 9.98. The fraction of sp³-hybridized carbons (Fsp3) is 0.632. The quantitative estimate of drug-likeness (QED) is 0.530. The van der Waals surface area contributed by atoms with Crippen molar-refractivity contribution in [2.24, 2.45) is 11.7 Å². The number of aromatic hydroxyl groups is 1. The molecule has 5 nitrogen and oxygen atoms in total. The predicted octanol–water partition coefficient (Wildman–Crippen LogP) is 1.80. The molecule has 4 N–H and O–H groups in total. The van der Waals surface area contributed by atoms with Crippen molar-refractivity contribution in [1.29, 1.82) is 0 Å². The van der Waals surface area contributed by atoms with E-state index in [1.807, 2.05) is 24.0 Å². The highest BCUT2D eigenvalue weighted by molar-refractivity contribution is 7.81. The minimum atomic E-state index is -0.460. The summed E-state index contributed by atoms with van der Waals surface area (Å²) in [6.07, 6.45) is 2.60. The van der Waals surface area contributed by atoms with Crippen molar-refractivity contribution in [2.75, 3.05) is 19.6 Å². The third-order valence-corrected chi connectivity index (χ3v) is 5.49. The molecule has 140 valence electrons. The molecule has 25 heavy (non-hydrogen) atoms. The maximum absolute atomic E-state index is 12.9. The minimum Gasteiger partial charge on any atom is -0.508 e.